The lowest BCUT2D eigenvalue weighted by molar-refractivity contribution is 0.0801. The predicted octanol–water partition coefficient (Wildman–Crippen LogP) is 2.06. The number of nitrogens with one attached hydrogen (secondary N) is 1. The number of carbonyl (C=O) groups excluding carboxylic acids is 1. The summed E-state index contributed by atoms with van der Waals surface area (Å²) >= 11 is 0. The smallest absolute Gasteiger partial charge is 0.324 e. The largest absolute Gasteiger partial charge is 0.478 e. The standard InChI is InChI=1S/C23H35N5O5/c1-15(2)21-26-23(33-27-21)28-10-8-17(9-11-28)5-4-12-32-20-7-6-19(16(3)25-20)22(31)24-13-18(30)14-29/h6-7,15,17-18,29-30H,4-5,8-14H2,1-3H3,(H,24,31). The summed E-state index contributed by atoms with van der Waals surface area (Å²) in [6.45, 7) is 7.85. The summed E-state index contributed by atoms with van der Waals surface area (Å²) in [5.41, 5.74) is 0.971. The summed E-state index contributed by atoms with van der Waals surface area (Å²) in [6.07, 6.45) is 3.22. The molecule has 1 saturated heterocycles. The van der Waals surface area contributed by atoms with Crippen LogP contribution in [0.5, 0.6) is 5.88 Å². The molecular weight excluding hydrogens is 426 g/mol. The van der Waals surface area contributed by atoms with Crippen LogP contribution in [0.25, 0.3) is 0 Å². The number of hydrogen-bond acceptors (Lipinski definition) is 9. The summed E-state index contributed by atoms with van der Waals surface area (Å²) in [4.78, 5) is 23.2. The summed E-state index contributed by atoms with van der Waals surface area (Å²) < 4.78 is 11.2. The Labute approximate surface area is 194 Å². The summed E-state index contributed by atoms with van der Waals surface area (Å²) in [5.74, 6) is 1.81. The molecule has 1 fully saturated rings. The molecular formula is C23H35N5O5. The van der Waals surface area contributed by atoms with E-state index in [9.17, 15) is 9.90 Å². The van der Waals surface area contributed by atoms with Crippen molar-refractivity contribution in [3.8, 4) is 5.88 Å². The highest BCUT2D eigenvalue weighted by atomic mass is 16.5. The van der Waals surface area contributed by atoms with Crippen molar-refractivity contribution in [2.45, 2.75) is 58.5 Å². The minimum absolute atomic E-state index is 0.0140. The molecule has 0 aromatic carbocycles. The third-order valence-corrected chi connectivity index (χ3v) is 5.85. The monoisotopic (exact) mass is 461 g/mol. The molecule has 1 aliphatic rings. The Morgan fingerprint density at radius 1 is 1.30 bits per heavy atom. The van der Waals surface area contributed by atoms with Gasteiger partial charge in [0.05, 0.1) is 30.6 Å². The van der Waals surface area contributed by atoms with E-state index in [0.717, 1.165) is 44.6 Å². The average molecular weight is 462 g/mol. The minimum atomic E-state index is -0.978. The van der Waals surface area contributed by atoms with Crippen molar-refractivity contribution in [2.75, 3.05) is 37.7 Å². The van der Waals surface area contributed by atoms with Gasteiger partial charge in [-0.15, -0.1) is 0 Å². The fourth-order valence-corrected chi connectivity index (χ4v) is 3.78. The van der Waals surface area contributed by atoms with Gasteiger partial charge in [0.2, 0.25) is 5.88 Å². The Bertz CT molecular complexity index is 895. The highest BCUT2D eigenvalue weighted by Gasteiger charge is 2.23. The van der Waals surface area contributed by atoms with Crippen LogP contribution >= 0.6 is 0 Å². The highest BCUT2D eigenvalue weighted by Crippen LogP contribution is 2.26. The van der Waals surface area contributed by atoms with Gasteiger partial charge in [-0.2, -0.15) is 4.98 Å². The molecule has 1 unspecified atom stereocenters. The number of pyridine rings is 1. The van der Waals surface area contributed by atoms with Gasteiger partial charge in [-0.1, -0.05) is 19.0 Å². The summed E-state index contributed by atoms with van der Waals surface area (Å²) in [7, 11) is 0. The zero-order valence-corrected chi connectivity index (χ0v) is 19.7. The Balaban J connectivity index is 1.36. The molecule has 182 valence electrons. The number of aliphatic hydroxyl groups is 2. The van der Waals surface area contributed by atoms with E-state index in [4.69, 9.17) is 14.4 Å². The number of aromatic nitrogens is 3. The molecule has 1 amide bonds. The number of carbonyl (C=O) groups is 1. The molecule has 0 saturated carbocycles. The van der Waals surface area contributed by atoms with Crippen LogP contribution < -0.4 is 15.0 Å². The molecule has 3 N–H and O–H groups in total. The van der Waals surface area contributed by atoms with Crippen molar-refractivity contribution in [2.24, 2.45) is 5.92 Å². The molecule has 1 aliphatic heterocycles. The maximum absolute atomic E-state index is 12.2. The summed E-state index contributed by atoms with van der Waals surface area (Å²) in [6, 6.07) is 3.97. The van der Waals surface area contributed by atoms with Crippen LogP contribution in [-0.2, 0) is 0 Å². The van der Waals surface area contributed by atoms with Crippen molar-refractivity contribution in [1.82, 2.24) is 20.4 Å². The van der Waals surface area contributed by atoms with Crippen molar-refractivity contribution in [1.29, 1.82) is 0 Å². The average Bonchev–Trinajstić information content (AvgIpc) is 3.31. The third kappa shape index (κ3) is 7.13. The van der Waals surface area contributed by atoms with E-state index in [2.05, 4.69) is 39.2 Å². The number of nitrogens with zero attached hydrogens (tertiary/aromatic N) is 4. The number of ether oxygens (including phenoxy) is 1. The van der Waals surface area contributed by atoms with E-state index in [0.29, 0.717) is 35.7 Å². The Morgan fingerprint density at radius 3 is 2.70 bits per heavy atom. The lowest BCUT2D eigenvalue weighted by Gasteiger charge is -2.30. The number of hydrogen-bond donors (Lipinski definition) is 3. The number of piperidine rings is 1. The molecule has 2 aromatic heterocycles. The maximum atomic E-state index is 12.2. The molecule has 10 heteroatoms. The second-order valence-electron chi connectivity index (χ2n) is 8.84. The lowest BCUT2D eigenvalue weighted by Crippen LogP contribution is -2.34. The van der Waals surface area contributed by atoms with Crippen LogP contribution in [0, 0.1) is 12.8 Å². The van der Waals surface area contributed by atoms with Gasteiger partial charge in [-0.25, -0.2) is 4.98 Å². The van der Waals surface area contributed by atoms with E-state index in [-0.39, 0.29) is 18.4 Å². The van der Waals surface area contributed by atoms with Crippen LogP contribution in [0.4, 0.5) is 6.01 Å². The van der Waals surface area contributed by atoms with Gasteiger partial charge in [0.25, 0.3) is 5.91 Å². The van der Waals surface area contributed by atoms with Crippen LogP contribution in [-0.4, -0.2) is 70.2 Å². The first-order valence-electron chi connectivity index (χ1n) is 11.6. The molecule has 1 atom stereocenters. The zero-order valence-electron chi connectivity index (χ0n) is 19.7. The first-order valence-corrected chi connectivity index (χ1v) is 11.6. The lowest BCUT2D eigenvalue weighted by atomic mass is 9.92. The second kappa shape index (κ2) is 11.9. The van der Waals surface area contributed by atoms with Crippen molar-refractivity contribution >= 4 is 11.9 Å². The molecule has 33 heavy (non-hydrogen) atoms. The van der Waals surface area contributed by atoms with Gasteiger partial charge >= 0.3 is 6.01 Å². The maximum Gasteiger partial charge on any atom is 0.324 e. The molecule has 0 bridgehead atoms. The molecule has 10 nitrogen and oxygen atoms in total. The van der Waals surface area contributed by atoms with E-state index >= 15 is 0 Å². The van der Waals surface area contributed by atoms with Crippen molar-refractivity contribution in [3.63, 3.8) is 0 Å². The van der Waals surface area contributed by atoms with E-state index < -0.39 is 12.7 Å². The predicted molar refractivity (Wildman–Crippen MR) is 122 cm³/mol. The van der Waals surface area contributed by atoms with E-state index in [1.54, 1.807) is 19.1 Å². The molecule has 0 spiro atoms. The number of rotatable bonds is 11. The first kappa shape index (κ1) is 24.9. The van der Waals surface area contributed by atoms with E-state index in [1.807, 2.05) is 0 Å². The van der Waals surface area contributed by atoms with Crippen LogP contribution in [0.15, 0.2) is 16.7 Å². The van der Waals surface area contributed by atoms with Crippen molar-refractivity contribution in [3.05, 3.63) is 29.2 Å². The fraction of sp³-hybridized carbons (Fsp3) is 0.652. The minimum Gasteiger partial charge on any atom is -0.478 e. The van der Waals surface area contributed by atoms with Gasteiger partial charge in [0, 0.05) is 31.6 Å². The quantitative estimate of drug-likeness (QED) is 0.430. The topological polar surface area (TPSA) is 134 Å². The third-order valence-electron chi connectivity index (χ3n) is 5.85. The van der Waals surface area contributed by atoms with Crippen LogP contribution in [0.1, 0.15) is 67.3 Å². The second-order valence-corrected chi connectivity index (χ2v) is 8.84. The van der Waals surface area contributed by atoms with E-state index in [1.165, 1.54) is 0 Å². The number of amides is 1. The molecule has 3 heterocycles. The zero-order chi connectivity index (χ0) is 23.8. The molecule has 3 rings (SSSR count). The Morgan fingerprint density at radius 2 is 2.06 bits per heavy atom. The van der Waals surface area contributed by atoms with Gasteiger partial charge in [-0.3, -0.25) is 4.79 Å². The fourth-order valence-electron chi connectivity index (χ4n) is 3.78. The van der Waals surface area contributed by atoms with Crippen LogP contribution in [0.2, 0.25) is 0 Å². The summed E-state index contributed by atoms with van der Waals surface area (Å²) in [5, 5.41) is 24.8. The number of aryl methyl sites for hydroxylation is 1. The highest BCUT2D eigenvalue weighted by molar-refractivity contribution is 5.95. The van der Waals surface area contributed by atoms with Crippen molar-refractivity contribution < 1.29 is 24.3 Å². The Kier molecular flexibility index (Phi) is 9.02. The van der Waals surface area contributed by atoms with Gasteiger partial charge < -0.3 is 29.7 Å². The SMILES string of the molecule is Cc1nc(OCCCC2CCN(c3nc(C(C)C)no3)CC2)ccc1C(=O)NCC(O)CO. The normalized spacial score (nSPS) is 15.6. The number of aliphatic hydroxyl groups excluding tert-OH is 2. The Hall–Kier alpha value is -2.72. The molecule has 0 aliphatic carbocycles. The van der Waals surface area contributed by atoms with Gasteiger partial charge in [-0.05, 0) is 44.6 Å². The first-order chi connectivity index (χ1) is 15.9. The van der Waals surface area contributed by atoms with Gasteiger partial charge in [0.1, 0.15) is 0 Å². The van der Waals surface area contributed by atoms with Crippen LogP contribution in [0.3, 0.4) is 0 Å². The molecule has 2 aromatic rings. The van der Waals surface area contributed by atoms with Gasteiger partial charge in [0.15, 0.2) is 5.82 Å². The molecule has 0 radical (unpaired) electrons. The number of anilines is 1.